The Morgan fingerprint density at radius 1 is 1.17 bits per heavy atom. The van der Waals surface area contributed by atoms with Crippen molar-refractivity contribution < 1.29 is 4.79 Å². The highest BCUT2D eigenvalue weighted by Crippen LogP contribution is 2.19. The van der Waals surface area contributed by atoms with Gasteiger partial charge in [0.2, 0.25) is 5.91 Å². The zero-order valence-corrected chi connectivity index (χ0v) is 12.9. The van der Waals surface area contributed by atoms with Crippen LogP contribution in [0.2, 0.25) is 5.02 Å². The minimum absolute atomic E-state index is 0.205. The molecule has 1 aromatic heterocycles. The molecule has 1 amide bonds. The van der Waals surface area contributed by atoms with Crippen LogP contribution in [0.3, 0.4) is 0 Å². The highest BCUT2D eigenvalue weighted by Gasteiger charge is 2.22. The lowest BCUT2D eigenvalue weighted by molar-refractivity contribution is -0.119. The predicted molar refractivity (Wildman–Crippen MR) is 87.1 cm³/mol. The Morgan fingerprint density at radius 2 is 2.00 bits per heavy atom. The second-order valence-electron chi connectivity index (χ2n) is 4.99. The van der Waals surface area contributed by atoms with Gasteiger partial charge in [0.15, 0.2) is 0 Å². The van der Waals surface area contributed by atoms with Gasteiger partial charge in [0, 0.05) is 17.1 Å². The molecule has 0 unspecified atom stereocenters. The topological polar surface area (TPSA) is 72.7 Å². The van der Waals surface area contributed by atoms with Gasteiger partial charge in [0.1, 0.15) is 12.4 Å². The van der Waals surface area contributed by atoms with Crippen LogP contribution in [0.25, 0.3) is 0 Å². The van der Waals surface area contributed by atoms with Crippen LogP contribution in [0.4, 0.5) is 5.69 Å². The lowest BCUT2D eigenvalue weighted by atomic mass is 10.1. The Balaban J connectivity index is 1.82. The molecule has 0 saturated carbocycles. The zero-order valence-electron chi connectivity index (χ0n) is 12.1. The molecule has 7 heteroatoms. The summed E-state index contributed by atoms with van der Waals surface area (Å²) in [4.78, 5) is 12.7. The molecule has 6 nitrogen and oxygen atoms in total. The molecule has 0 fully saturated rings. The summed E-state index contributed by atoms with van der Waals surface area (Å²) >= 11 is 5.95. The first-order valence-corrected chi connectivity index (χ1v) is 7.43. The Kier molecular flexibility index (Phi) is 4.63. The van der Waals surface area contributed by atoms with Crippen molar-refractivity contribution in [3.05, 3.63) is 71.5 Å². The summed E-state index contributed by atoms with van der Waals surface area (Å²) in [7, 11) is 0. The summed E-state index contributed by atoms with van der Waals surface area (Å²) in [6.45, 7) is 0. The molecule has 3 rings (SSSR count). The third-order valence-corrected chi connectivity index (χ3v) is 3.59. The normalized spacial score (nSPS) is 11.9. The molecule has 0 saturated heterocycles. The molecule has 0 spiro atoms. The van der Waals surface area contributed by atoms with Gasteiger partial charge in [-0.15, -0.1) is 5.10 Å². The number of benzene rings is 2. The van der Waals surface area contributed by atoms with E-state index in [2.05, 4.69) is 20.8 Å². The maximum Gasteiger partial charge on any atom is 0.249 e. The second kappa shape index (κ2) is 7.02. The third kappa shape index (κ3) is 3.92. The van der Waals surface area contributed by atoms with Crippen molar-refractivity contribution >= 4 is 23.2 Å². The standard InChI is InChI=1S/C16H14ClN5O/c17-13-7-4-8-14(10-13)19-16(23)15(22-11-18-20-21-22)9-12-5-2-1-3-6-12/h1-8,10-11,15H,9H2,(H,19,23)/t15-/m1/s1. The van der Waals surface area contributed by atoms with E-state index in [1.165, 1.54) is 11.0 Å². The molecule has 116 valence electrons. The van der Waals surface area contributed by atoms with E-state index >= 15 is 0 Å². The van der Waals surface area contributed by atoms with E-state index in [1.54, 1.807) is 24.3 Å². The number of hydrogen-bond donors (Lipinski definition) is 1. The molecule has 0 aliphatic carbocycles. The van der Waals surface area contributed by atoms with Crippen molar-refractivity contribution in [1.29, 1.82) is 0 Å². The van der Waals surface area contributed by atoms with E-state index in [4.69, 9.17) is 11.6 Å². The molecule has 0 aliphatic rings. The maximum absolute atomic E-state index is 12.7. The minimum atomic E-state index is -0.550. The van der Waals surface area contributed by atoms with Crippen LogP contribution in [-0.4, -0.2) is 26.1 Å². The summed E-state index contributed by atoms with van der Waals surface area (Å²) in [5.41, 5.74) is 1.66. The smallest absolute Gasteiger partial charge is 0.249 e. The van der Waals surface area contributed by atoms with Crippen molar-refractivity contribution in [2.24, 2.45) is 0 Å². The van der Waals surface area contributed by atoms with Gasteiger partial charge in [-0.1, -0.05) is 48.0 Å². The Labute approximate surface area is 138 Å². The highest BCUT2D eigenvalue weighted by atomic mass is 35.5. The van der Waals surface area contributed by atoms with Gasteiger partial charge < -0.3 is 5.32 Å². The molecule has 3 aromatic rings. The molecule has 1 heterocycles. The van der Waals surface area contributed by atoms with Crippen LogP contribution in [0.5, 0.6) is 0 Å². The van der Waals surface area contributed by atoms with E-state index in [9.17, 15) is 4.79 Å². The quantitative estimate of drug-likeness (QED) is 0.782. The van der Waals surface area contributed by atoms with Gasteiger partial charge in [-0.2, -0.15) is 0 Å². The van der Waals surface area contributed by atoms with E-state index in [0.717, 1.165) is 5.56 Å². The van der Waals surface area contributed by atoms with Crippen LogP contribution in [0.15, 0.2) is 60.9 Å². The van der Waals surface area contributed by atoms with Crippen LogP contribution >= 0.6 is 11.6 Å². The molecule has 0 radical (unpaired) electrons. The average molecular weight is 328 g/mol. The largest absolute Gasteiger partial charge is 0.324 e. The number of tetrazole rings is 1. The highest BCUT2D eigenvalue weighted by molar-refractivity contribution is 6.30. The first-order valence-electron chi connectivity index (χ1n) is 7.05. The summed E-state index contributed by atoms with van der Waals surface area (Å²) < 4.78 is 1.45. The summed E-state index contributed by atoms with van der Waals surface area (Å²) in [6.07, 6.45) is 1.92. The van der Waals surface area contributed by atoms with Gasteiger partial charge >= 0.3 is 0 Å². The van der Waals surface area contributed by atoms with Gasteiger partial charge in [0.05, 0.1) is 0 Å². The van der Waals surface area contributed by atoms with Gasteiger partial charge in [-0.05, 0) is 34.2 Å². The zero-order chi connectivity index (χ0) is 16.1. The van der Waals surface area contributed by atoms with Gasteiger partial charge in [-0.3, -0.25) is 4.79 Å². The summed E-state index contributed by atoms with van der Waals surface area (Å²) in [5.74, 6) is -0.205. The van der Waals surface area contributed by atoms with E-state index in [-0.39, 0.29) is 5.91 Å². The first kappa shape index (κ1) is 15.2. The number of rotatable bonds is 5. The molecule has 23 heavy (non-hydrogen) atoms. The van der Waals surface area contributed by atoms with Crippen LogP contribution in [0, 0.1) is 0 Å². The molecule has 2 aromatic carbocycles. The van der Waals surface area contributed by atoms with E-state index < -0.39 is 6.04 Å². The number of halogens is 1. The van der Waals surface area contributed by atoms with Gasteiger partial charge in [-0.25, -0.2) is 4.68 Å². The Morgan fingerprint density at radius 3 is 2.70 bits per heavy atom. The van der Waals surface area contributed by atoms with Crippen molar-refractivity contribution in [2.75, 3.05) is 5.32 Å². The molecular weight excluding hydrogens is 314 g/mol. The summed E-state index contributed by atoms with van der Waals surface area (Å²) in [5, 5.41) is 14.5. The van der Waals surface area contributed by atoms with Crippen molar-refractivity contribution in [3.8, 4) is 0 Å². The summed E-state index contributed by atoms with van der Waals surface area (Å²) in [6, 6.07) is 16.2. The number of aromatic nitrogens is 4. The monoisotopic (exact) mass is 327 g/mol. The number of amides is 1. The molecular formula is C16H14ClN5O. The molecule has 1 atom stereocenters. The molecule has 0 aliphatic heterocycles. The first-order chi connectivity index (χ1) is 11.2. The second-order valence-corrected chi connectivity index (χ2v) is 5.43. The Bertz CT molecular complexity index is 776. The predicted octanol–water partition coefficient (Wildman–Crippen LogP) is 2.75. The molecule has 1 N–H and O–H groups in total. The third-order valence-electron chi connectivity index (χ3n) is 3.35. The number of carbonyl (C=O) groups excluding carboxylic acids is 1. The van der Waals surface area contributed by atoms with Gasteiger partial charge in [0.25, 0.3) is 0 Å². The number of nitrogens with one attached hydrogen (secondary N) is 1. The fourth-order valence-electron chi connectivity index (χ4n) is 2.25. The van der Waals surface area contributed by atoms with Crippen molar-refractivity contribution in [3.63, 3.8) is 0 Å². The molecule has 0 bridgehead atoms. The number of anilines is 1. The SMILES string of the molecule is O=C(Nc1cccc(Cl)c1)[C@@H](Cc1ccccc1)n1cnnn1. The number of hydrogen-bond acceptors (Lipinski definition) is 4. The van der Waals surface area contributed by atoms with E-state index in [1.807, 2.05) is 30.3 Å². The lowest BCUT2D eigenvalue weighted by Gasteiger charge is -2.16. The van der Waals surface area contributed by atoms with Crippen molar-refractivity contribution in [1.82, 2.24) is 20.2 Å². The van der Waals surface area contributed by atoms with Crippen LogP contribution < -0.4 is 5.32 Å². The minimum Gasteiger partial charge on any atom is -0.324 e. The fraction of sp³-hybridized carbons (Fsp3) is 0.125. The van der Waals surface area contributed by atoms with E-state index in [0.29, 0.717) is 17.1 Å². The van der Waals surface area contributed by atoms with Crippen LogP contribution in [0.1, 0.15) is 11.6 Å². The fourth-order valence-corrected chi connectivity index (χ4v) is 2.44. The average Bonchev–Trinajstić information content (AvgIpc) is 3.07. The Hall–Kier alpha value is -2.73. The maximum atomic E-state index is 12.7. The van der Waals surface area contributed by atoms with Crippen LogP contribution in [-0.2, 0) is 11.2 Å². The van der Waals surface area contributed by atoms with Crippen molar-refractivity contribution in [2.45, 2.75) is 12.5 Å². The number of carbonyl (C=O) groups is 1. The number of nitrogens with zero attached hydrogens (tertiary/aromatic N) is 4. The lowest BCUT2D eigenvalue weighted by Crippen LogP contribution is -2.28.